The van der Waals surface area contributed by atoms with Crippen LogP contribution in [0.2, 0.25) is 0 Å². The van der Waals surface area contributed by atoms with Crippen molar-refractivity contribution in [2.45, 2.75) is 64.4 Å². The molecular weight excluding hydrogens is 227 g/mol. The summed E-state index contributed by atoms with van der Waals surface area (Å²) >= 11 is 0. The molecule has 1 N–H and O–H groups in total. The summed E-state index contributed by atoms with van der Waals surface area (Å²) in [5.41, 5.74) is 0.147. The lowest BCUT2D eigenvalue weighted by Crippen LogP contribution is -2.27. The van der Waals surface area contributed by atoms with Gasteiger partial charge in [-0.2, -0.15) is 0 Å². The first-order valence-corrected chi connectivity index (χ1v) is 7.00. The van der Waals surface area contributed by atoms with Gasteiger partial charge in [-0.1, -0.05) is 51.2 Å². The van der Waals surface area contributed by atoms with Crippen molar-refractivity contribution in [1.29, 1.82) is 0 Å². The third kappa shape index (κ3) is 6.15. The Balaban J connectivity index is 2.34. The Labute approximate surface area is 110 Å². The number of rotatable bonds is 8. The van der Waals surface area contributed by atoms with E-state index in [9.17, 15) is 9.50 Å². The highest BCUT2D eigenvalue weighted by Gasteiger charge is 2.20. The molecule has 0 bridgehead atoms. The Morgan fingerprint density at radius 2 is 1.89 bits per heavy atom. The molecule has 0 fully saturated rings. The Morgan fingerprint density at radius 3 is 2.56 bits per heavy atom. The second-order valence-corrected chi connectivity index (χ2v) is 5.47. The molecule has 2 heteroatoms. The van der Waals surface area contributed by atoms with Crippen molar-refractivity contribution >= 4 is 0 Å². The van der Waals surface area contributed by atoms with Gasteiger partial charge in [0.2, 0.25) is 0 Å². The number of benzene rings is 1. The monoisotopic (exact) mass is 252 g/mol. The number of unbranched alkanes of at least 4 members (excludes halogenated alkanes) is 4. The largest absolute Gasteiger partial charge is 0.390 e. The van der Waals surface area contributed by atoms with E-state index in [1.165, 1.54) is 37.8 Å². The molecule has 1 aromatic rings. The third-order valence-corrected chi connectivity index (χ3v) is 3.29. The highest BCUT2D eigenvalue weighted by molar-refractivity contribution is 5.18. The van der Waals surface area contributed by atoms with E-state index >= 15 is 0 Å². The summed E-state index contributed by atoms with van der Waals surface area (Å²) in [6.45, 7) is 4.04. The molecule has 0 amide bonds. The topological polar surface area (TPSA) is 20.2 Å². The molecular formula is C16H25FO. The molecule has 0 radical (unpaired) electrons. The average Bonchev–Trinajstić information content (AvgIpc) is 2.28. The number of hydrogen-bond acceptors (Lipinski definition) is 1. The quantitative estimate of drug-likeness (QED) is 0.676. The second kappa shape index (κ2) is 7.52. The van der Waals surface area contributed by atoms with E-state index in [0.29, 0.717) is 6.42 Å². The first-order chi connectivity index (χ1) is 8.53. The maximum Gasteiger partial charge on any atom is 0.123 e. The van der Waals surface area contributed by atoms with Crippen molar-refractivity contribution in [3.8, 4) is 0 Å². The van der Waals surface area contributed by atoms with E-state index in [1.807, 2.05) is 13.0 Å². The molecule has 0 aromatic heterocycles. The van der Waals surface area contributed by atoms with Gasteiger partial charge >= 0.3 is 0 Å². The molecule has 0 aliphatic rings. The van der Waals surface area contributed by atoms with Crippen LogP contribution in [0.3, 0.4) is 0 Å². The second-order valence-electron chi connectivity index (χ2n) is 5.47. The van der Waals surface area contributed by atoms with Gasteiger partial charge in [-0.25, -0.2) is 4.39 Å². The third-order valence-electron chi connectivity index (χ3n) is 3.29. The summed E-state index contributed by atoms with van der Waals surface area (Å²) in [4.78, 5) is 0. The van der Waals surface area contributed by atoms with Crippen molar-refractivity contribution in [3.05, 3.63) is 35.6 Å². The van der Waals surface area contributed by atoms with Crippen molar-refractivity contribution in [2.75, 3.05) is 0 Å². The molecule has 102 valence electrons. The highest BCUT2D eigenvalue weighted by Crippen LogP contribution is 2.21. The van der Waals surface area contributed by atoms with E-state index in [0.717, 1.165) is 18.4 Å². The van der Waals surface area contributed by atoms with Crippen LogP contribution in [-0.4, -0.2) is 10.7 Å². The average molecular weight is 252 g/mol. The lowest BCUT2D eigenvalue weighted by molar-refractivity contribution is 0.0484. The first kappa shape index (κ1) is 15.2. The van der Waals surface area contributed by atoms with Crippen LogP contribution in [0.4, 0.5) is 4.39 Å². The Kier molecular flexibility index (Phi) is 6.34. The minimum atomic E-state index is -0.722. The minimum Gasteiger partial charge on any atom is -0.390 e. The van der Waals surface area contributed by atoms with Crippen molar-refractivity contribution < 1.29 is 9.50 Å². The van der Waals surface area contributed by atoms with Crippen molar-refractivity contribution in [3.63, 3.8) is 0 Å². The maximum atomic E-state index is 13.1. The van der Waals surface area contributed by atoms with Gasteiger partial charge in [0.05, 0.1) is 5.60 Å². The molecule has 0 aliphatic carbocycles. The zero-order valence-corrected chi connectivity index (χ0v) is 11.6. The molecule has 1 nitrogen and oxygen atoms in total. The number of halogens is 1. The summed E-state index contributed by atoms with van der Waals surface area (Å²) < 4.78 is 13.1. The fraction of sp³-hybridized carbons (Fsp3) is 0.625. The Morgan fingerprint density at radius 1 is 1.17 bits per heavy atom. The fourth-order valence-corrected chi connectivity index (χ4v) is 2.28. The standard InChI is InChI=1S/C16H25FO/c1-3-4-5-6-7-11-16(2,18)13-14-9-8-10-15(17)12-14/h8-10,12,18H,3-7,11,13H2,1-2H3. The van der Waals surface area contributed by atoms with E-state index in [-0.39, 0.29) is 5.82 Å². The maximum absolute atomic E-state index is 13.1. The van der Waals surface area contributed by atoms with E-state index in [2.05, 4.69) is 6.92 Å². The van der Waals surface area contributed by atoms with E-state index in [4.69, 9.17) is 0 Å². The van der Waals surface area contributed by atoms with Gasteiger partial charge in [0.15, 0.2) is 0 Å². The summed E-state index contributed by atoms with van der Waals surface area (Å²) in [7, 11) is 0. The molecule has 1 aromatic carbocycles. The minimum absolute atomic E-state index is 0.230. The van der Waals surface area contributed by atoms with Crippen LogP contribution in [0.5, 0.6) is 0 Å². The molecule has 0 saturated heterocycles. The van der Waals surface area contributed by atoms with Gasteiger partial charge in [-0.3, -0.25) is 0 Å². The Bertz CT molecular complexity index is 347. The molecule has 0 heterocycles. The lowest BCUT2D eigenvalue weighted by atomic mass is 9.91. The molecule has 0 saturated carbocycles. The summed E-state index contributed by atoms with van der Waals surface area (Å²) in [6.07, 6.45) is 7.28. The van der Waals surface area contributed by atoms with Crippen molar-refractivity contribution in [1.82, 2.24) is 0 Å². The summed E-state index contributed by atoms with van der Waals surface area (Å²) in [6, 6.07) is 6.51. The van der Waals surface area contributed by atoms with Crippen LogP contribution in [0.15, 0.2) is 24.3 Å². The fourth-order valence-electron chi connectivity index (χ4n) is 2.28. The van der Waals surface area contributed by atoms with Crippen LogP contribution in [0, 0.1) is 5.82 Å². The molecule has 18 heavy (non-hydrogen) atoms. The predicted molar refractivity (Wildman–Crippen MR) is 74.1 cm³/mol. The van der Waals surface area contributed by atoms with Gasteiger partial charge in [0, 0.05) is 6.42 Å². The van der Waals surface area contributed by atoms with Crippen LogP contribution in [-0.2, 0) is 6.42 Å². The number of hydrogen-bond donors (Lipinski definition) is 1. The number of aliphatic hydroxyl groups is 1. The molecule has 1 atom stereocenters. The zero-order chi connectivity index (χ0) is 13.4. The molecule has 1 unspecified atom stereocenters. The highest BCUT2D eigenvalue weighted by atomic mass is 19.1. The normalized spacial score (nSPS) is 14.4. The zero-order valence-electron chi connectivity index (χ0n) is 11.6. The molecule has 0 aliphatic heterocycles. The van der Waals surface area contributed by atoms with Gasteiger partial charge in [0.25, 0.3) is 0 Å². The lowest BCUT2D eigenvalue weighted by Gasteiger charge is -2.23. The van der Waals surface area contributed by atoms with Gasteiger partial charge in [-0.15, -0.1) is 0 Å². The van der Waals surface area contributed by atoms with Gasteiger partial charge in [-0.05, 0) is 31.0 Å². The smallest absolute Gasteiger partial charge is 0.123 e. The first-order valence-electron chi connectivity index (χ1n) is 7.00. The predicted octanol–water partition coefficient (Wildman–Crippen LogP) is 4.48. The van der Waals surface area contributed by atoms with Crippen LogP contribution < -0.4 is 0 Å². The van der Waals surface area contributed by atoms with Crippen LogP contribution >= 0.6 is 0 Å². The van der Waals surface area contributed by atoms with E-state index in [1.54, 1.807) is 6.07 Å². The van der Waals surface area contributed by atoms with Crippen LogP contribution in [0.25, 0.3) is 0 Å². The van der Waals surface area contributed by atoms with Gasteiger partial charge < -0.3 is 5.11 Å². The Hall–Kier alpha value is -0.890. The van der Waals surface area contributed by atoms with Crippen molar-refractivity contribution in [2.24, 2.45) is 0 Å². The van der Waals surface area contributed by atoms with Gasteiger partial charge in [0.1, 0.15) is 5.82 Å². The SMILES string of the molecule is CCCCCCCC(C)(O)Cc1cccc(F)c1. The molecule has 0 spiro atoms. The summed E-state index contributed by atoms with van der Waals surface area (Å²) in [5.74, 6) is -0.230. The van der Waals surface area contributed by atoms with E-state index < -0.39 is 5.60 Å². The summed E-state index contributed by atoms with van der Waals surface area (Å²) in [5, 5.41) is 10.3. The molecule has 1 rings (SSSR count). The van der Waals surface area contributed by atoms with Crippen LogP contribution in [0.1, 0.15) is 57.9 Å².